The van der Waals surface area contributed by atoms with Crippen molar-refractivity contribution >= 4 is 29.5 Å². The molecule has 2 heterocycles. The Bertz CT molecular complexity index is 734. The standard InChI is InChI=1S/C16H17N3O4S/c1-8-7-24-15-11(14(21)19(15)12(8)16(22)23)18-13(20)10(17)9-5-3-2-4-6-9/h2-6,10-11,15H,7,17H2,1H3,(H,18,20)(H,22,23)/t10-,11-,15+/m1/s1. The lowest BCUT2D eigenvalue weighted by Gasteiger charge is -2.49. The molecule has 0 spiro atoms. The molecule has 1 aromatic rings. The van der Waals surface area contributed by atoms with Gasteiger partial charge in [0.15, 0.2) is 0 Å². The number of rotatable bonds is 4. The number of nitrogens with one attached hydrogen (secondary N) is 1. The second-order valence-corrected chi connectivity index (χ2v) is 6.82. The zero-order valence-corrected chi connectivity index (χ0v) is 13.7. The van der Waals surface area contributed by atoms with Gasteiger partial charge in [-0.05, 0) is 18.1 Å². The molecule has 1 saturated heterocycles. The van der Waals surface area contributed by atoms with Crippen LogP contribution in [0.25, 0.3) is 0 Å². The molecule has 2 aliphatic rings. The Morgan fingerprint density at radius 1 is 1.38 bits per heavy atom. The lowest BCUT2D eigenvalue weighted by molar-refractivity contribution is -0.150. The summed E-state index contributed by atoms with van der Waals surface area (Å²) in [6.07, 6.45) is 0. The van der Waals surface area contributed by atoms with E-state index in [9.17, 15) is 19.5 Å². The third-order valence-electron chi connectivity index (χ3n) is 4.10. The molecule has 2 amide bonds. The molecule has 7 nitrogen and oxygen atoms in total. The Kier molecular flexibility index (Phi) is 4.33. The second-order valence-electron chi connectivity index (χ2n) is 5.72. The van der Waals surface area contributed by atoms with Crippen LogP contribution in [0.1, 0.15) is 18.5 Å². The zero-order chi connectivity index (χ0) is 17.4. The van der Waals surface area contributed by atoms with Gasteiger partial charge in [0.2, 0.25) is 5.91 Å². The topological polar surface area (TPSA) is 113 Å². The number of β-lactam (4-membered cyclic amide) rings is 1. The summed E-state index contributed by atoms with van der Waals surface area (Å²) in [6, 6.07) is 7.23. The second kappa shape index (κ2) is 6.29. The predicted molar refractivity (Wildman–Crippen MR) is 88.7 cm³/mol. The van der Waals surface area contributed by atoms with Crippen LogP contribution in [-0.2, 0) is 14.4 Å². The van der Waals surface area contributed by atoms with Gasteiger partial charge in [0.1, 0.15) is 23.2 Å². The van der Waals surface area contributed by atoms with Gasteiger partial charge in [0, 0.05) is 5.75 Å². The largest absolute Gasteiger partial charge is 0.477 e. The van der Waals surface area contributed by atoms with Gasteiger partial charge < -0.3 is 16.2 Å². The predicted octanol–water partition coefficient (Wildman–Crippen LogP) is 0.445. The number of benzene rings is 1. The summed E-state index contributed by atoms with van der Waals surface area (Å²) in [4.78, 5) is 37.2. The molecule has 0 bridgehead atoms. The molecule has 0 aliphatic carbocycles. The highest BCUT2D eigenvalue weighted by Crippen LogP contribution is 2.40. The van der Waals surface area contributed by atoms with Crippen LogP contribution in [0.5, 0.6) is 0 Å². The first-order chi connectivity index (χ1) is 11.4. The van der Waals surface area contributed by atoms with Gasteiger partial charge in [-0.2, -0.15) is 0 Å². The fourth-order valence-electron chi connectivity index (χ4n) is 2.83. The van der Waals surface area contributed by atoms with Crippen molar-refractivity contribution in [3.8, 4) is 0 Å². The van der Waals surface area contributed by atoms with Crippen LogP contribution < -0.4 is 11.1 Å². The van der Waals surface area contributed by atoms with Gasteiger partial charge >= 0.3 is 5.97 Å². The molecule has 4 N–H and O–H groups in total. The van der Waals surface area contributed by atoms with Crippen molar-refractivity contribution in [3.63, 3.8) is 0 Å². The summed E-state index contributed by atoms with van der Waals surface area (Å²) in [6.45, 7) is 1.69. The van der Waals surface area contributed by atoms with Crippen LogP contribution in [0.3, 0.4) is 0 Å². The number of carbonyl (C=O) groups excluding carboxylic acids is 2. The van der Waals surface area contributed by atoms with Crippen LogP contribution >= 0.6 is 11.8 Å². The number of hydrogen-bond acceptors (Lipinski definition) is 5. The molecule has 24 heavy (non-hydrogen) atoms. The summed E-state index contributed by atoms with van der Waals surface area (Å²) in [5.41, 5.74) is 7.24. The molecular weight excluding hydrogens is 330 g/mol. The van der Waals surface area contributed by atoms with Gasteiger partial charge in [0.25, 0.3) is 5.91 Å². The molecule has 1 fully saturated rings. The fraction of sp³-hybridized carbons (Fsp3) is 0.312. The molecule has 3 atom stereocenters. The lowest BCUT2D eigenvalue weighted by Crippen LogP contribution is -2.71. The van der Waals surface area contributed by atoms with E-state index < -0.39 is 35.2 Å². The third-order valence-corrected chi connectivity index (χ3v) is 5.52. The van der Waals surface area contributed by atoms with Gasteiger partial charge in [-0.15, -0.1) is 11.8 Å². The van der Waals surface area contributed by atoms with Crippen molar-refractivity contribution < 1.29 is 19.5 Å². The highest BCUT2D eigenvalue weighted by Gasteiger charge is 2.53. The Hall–Kier alpha value is -2.32. The average Bonchev–Trinajstić information content (AvgIpc) is 2.59. The van der Waals surface area contributed by atoms with E-state index in [0.717, 1.165) is 0 Å². The monoisotopic (exact) mass is 347 g/mol. The summed E-state index contributed by atoms with van der Waals surface area (Å²) < 4.78 is 0. The number of carboxylic acids is 1. The van der Waals surface area contributed by atoms with Gasteiger partial charge in [-0.3, -0.25) is 14.5 Å². The highest BCUT2D eigenvalue weighted by molar-refractivity contribution is 8.00. The number of nitrogens with two attached hydrogens (primary N) is 1. The number of aliphatic carboxylic acids is 1. The van der Waals surface area contributed by atoms with Crippen molar-refractivity contribution in [2.24, 2.45) is 5.73 Å². The summed E-state index contributed by atoms with van der Waals surface area (Å²) in [7, 11) is 0. The SMILES string of the molecule is CC1=C(C(=O)O)N2C(=O)[C@@H](NC(=O)[C@H](N)c3ccccc3)[C@@H]2SC1. The minimum Gasteiger partial charge on any atom is -0.477 e. The molecule has 2 aliphatic heterocycles. The number of fused-ring (bicyclic) bond motifs is 1. The molecule has 0 aromatic heterocycles. The first kappa shape index (κ1) is 16.5. The number of thioether (sulfide) groups is 1. The number of amides is 2. The Morgan fingerprint density at radius 3 is 2.67 bits per heavy atom. The zero-order valence-electron chi connectivity index (χ0n) is 12.9. The molecule has 3 rings (SSSR count). The Morgan fingerprint density at radius 2 is 2.04 bits per heavy atom. The molecule has 8 heteroatoms. The normalized spacial score (nSPS) is 24.1. The molecule has 0 radical (unpaired) electrons. The van der Waals surface area contributed by atoms with Crippen LogP contribution in [0.2, 0.25) is 0 Å². The Labute approximate surface area is 142 Å². The maximum atomic E-state index is 12.3. The third kappa shape index (κ3) is 2.67. The minimum absolute atomic E-state index is 0.0154. The molecule has 1 aromatic carbocycles. The van der Waals surface area contributed by atoms with Crippen molar-refractivity contribution in [1.82, 2.24) is 10.2 Å². The number of hydrogen-bond donors (Lipinski definition) is 3. The quantitative estimate of drug-likeness (QED) is 0.682. The van der Waals surface area contributed by atoms with Crippen molar-refractivity contribution in [3.05, 3.63) is 47.2 Å². The van der Waals surface area contributed by atoms with Crippen LogP contribution in [-0.4, -0.2) is 45.0 Å². The van der Waals surface area contributed by atoms with Crippen LogP contribution in [0.4, 0.5) is 0 Å². The van der Waals surface area contributed by atoms with E-state index >= 15 is 0 Å². The maximum absolute atomic E-state index is 12.3. The van der Waals surface area contributed by atoms with Gasteiger partial charge in [-0.25, -0.2) is 4.79 Å². The van der Waals surface area contributed by atoms with Crippen molar-refractivity contribution in [1.29, 1.82) is 0 Å². The van der Waals surface area contributed by atoms with Gasteiger partial charge in [0.05, 0.1) is 0 Å². The fourth-order valence-corrected chi connectivity index (χ4v) is 4.12. The highest BCUT2D eigenvalue weighted by atomic mass is 32.2. The number of carboxylic acid groups (broad SMARTS) is 1. The lowest BCUT2D eigenvalue weighted by atomic mass is 10.0. The van der Waals surface area contributed by atoms with Crippen molar-refractivity contribution in [2.75, 3.05) is 5.75 Å². The number of nitrogens with zero attached hydrogens (tertiary/aromatic N) is 1. The summed E-state index contributed by atoms with van der Waals surface area (Å²) in [5.74, 6) is -1.50. The molecule has 126 valence electrons. The van der Waals surface area contributed by atoms with E-state index in [2.05, 4.69) is 5.32 Å². The summed E-state index contributed by atoms with van der Waals surface area (Å²) in [5, 5.41) is 11.5. The summed E-state index contributed by atoms with van der Waals surface area (Å²) >= 11 is 1.43. The molecule has 0 saturated carbocycles. The van der Waals surface area contributed by atoms with Crippen LogP contribution in [0, 0.1) is 0 Å². The van der Waals surface area contributed by atoms with E-state index in [-0.39, 0.29) is 5.70 Å². The Balaban J connectivity index is 1.71. The smallest absolute Gasteiger partial charge is 0.352 e. The van der Waals surface area contributed by atoms with Crippen molar-refractivity contribution in [2.45, 2.75) is 24.4 Å². The van der Waals surface area contributed by atoms with E-state index in [0.29, 0.717) is 16.9 Å². The molecular formula is C16H17N3O4S. The minimum atomic E-state index is -1.13. The maximum Gasteiger partial charge on any atom is 0.352 e. The van der Waals surface area contributed by atoms with E-state index in [1.807, 2.05) is 6.07 Å². The average molecular weight is 347 g/mol. The first-order valence-corrected chi connectivity index (χ1v) is 8.45. The van der Waals surface area contributed by atoms with Gasteiger partial charge in [-0.1, -0.05) is 30.3 Å². The van der Waals surface area contributed by atoms with E-state index in [1.165, 1.54) is 16.7 Å². The van der Waals surface area contributed by atoms with E-state index in [1.54, 1.807) is 31.2 Å². The number of carbonyl (C=O) groups is 3. The molecule has 0 unspecified atom stereocenters. The van der Waals surface area contributed by atoms with E-state index in [4.69, 9.17) is 5.73 Å². The first-order valence-electron chi connectivity index (χ1n) is 7.40. The van der Waals surface area contributed by atoms with Crippen LogP contribution in [0.15, 0.2) is 41.6 Å².